The molecule has 2 rings (SSSR count). The lowest BCUT2D eigenvalue weighted by Gasteiger charge is -2.34. The van der Waals surface area contributed by atoms with Gasteiger partial charge in [0.1, 0.15) is 0 Å². The minimum atomic E-state index is -0.203. The number of amides is 1. The second kappa shape index (κ2) is 5.83. The summed E-state index contributed by atoms with van der Waals surface area (Å²) in [6, 6.07) is 0.257. The van der Waals surface area contributed by atoms with Gasteiger partial charge in [-0.25, -0.2) is 0 Å². The first-order valence-electron chi connectivity index (χ1n) is 7.23. The molecule has 0 radical (unpaired) electrons. The van der Waals surface area contributed by atoms with E-state index in [1.54, 1.807) is 0 Å². The third kappa shape index (κ3) is 3.89. The van der Waals surface area contributed by atoms with Crippen LogP contribution in [-0.2, 0) is 0 Å². The highest BCUT2D eigenvalue weighted by molar-refractivity contribution is 7.96. The lowest BCUT2D eigenvalue weighted by atomic mass is 9.94. The molecule has 4 heteroatoms. The summed E-state index contributed by atoms with van der Waals surface area (Å²) in [4.78, 5) is 13.7. The van der Waals surface area contributed by atoms with Gasteiger partial charge in [0.15, 0.2) is 0 Å². The van der Waals surface area contributed by atoms with Gasteiger partial charge in [-0.15, -0.1) is 0 Å². The quantitative estimate of drug-likeness (QED) is 0.753. The van der Waals surface area contributed by atoms with E-state index >= 15 is 0 Å². The molecule has 0 aromatic heterocycles. The molecule has 1 spiro atoms. The molecule has 104 valence electrons. The van der Waals surface area contributed by atoms with Crippen molar-refractivity contribution in [2.24, 2.45) is 11.3 Å². The van der Waals surface area contributed by atoms with Crippen molar-refractivity contribution >= 4 is 17.9 Å². The highest BCUT2D eigenvalue weighted by Crippen LogP contribution is 2.51. The first-order valence-corrected chi connectivity index (χ1v) is 7.67. The maximum Gasteiger partial charge on any atom is 0.276 e. The van der Waals surface area contributed by atoms with Gasteiger partial charge in [0.2, 0.25) is 0 Å². The zero-order valence-corrected chi connectivity index (χ0v) is 12.5. The Kier molecular flexibility index (Phi) is 4.59. The molecule has 18 heavy (non-hydrogen) atoms. The van der Waals surface area contributed by atoms with Crippen molar-refractivity contribution in [2.45, 2.75) is 52.0 Å². The molecule has 1 saturated carbocycles. The number of carbonyl (C=O) groups excluding carboxylic acids is 1. The Labute approximate surface area is 116 Å². The number of hydrogen-bond donors (Lipinski definition) is 2. The van der Waals surface area contributed by atoms with Gasteiger partial charge >= 0.3 is 0 Å². The fourth-order valence-corrected chi connectivity index (χ4v) is 3.30. The molecule has 0 bridgehead atoms. The largest absolute Gasteiger partial charge is 0.344 e. The smallest absolute Gasteiger partial charge is 0.276 e. The Morgan fingerprint density at radius 2 is 2.11 bits per heavy atom. The van der Waals surface area contributed by atoms with Crippen LogP contribution in [0.2, 0.25) is 0 Å². The Morgan fingerprint density at radius 1 is 1.39 bits per heavy atom. The van der Waals surface area contributed by atoms with Crippen molar-refractivity contribution in [3.63, 3.8) is 0 Å². The SMILES string of the molecule is CC(C)[C@@H](CCN1CCCC2(CC2)C1)NC(=O)S. The topological polar surface area (TPSA) is 32.3 Å². The predicted octanol–water partition coefficient (Wildman–Crippen LogP) is 2.92. The van der Waals surface area contributed by atoms with Crippen LogP contribution >= 0.6 is 12.6 Å². The molecule has 1 aliphatic heterocycles. The third-order valence-corrected chi connectivity index (χ3v) is 4.70. The molecule has 2 aliphatic rings. The normalized spacial score (nSPS) is 24.2. The summed E-state index contributed by atoms with van der Waals surface area (Å²) in [5.74, 6) is 0.473. The zero-order valence-electron chi connectivity index (χ0n) is 11.6. The van der Waals surface area contributed by atoms with Crippen LogP contribution in [0.5, 0.6) is 0 Å². The van der Waals surface area contributed by atoms with E-state index in [1.165, 1.54) is 38.8 Å². The summed E-state index contributed by atoms with van der Waals surface area (Å²) >= 11 is 3.83. The molecular formula is C14H26N2OS. The standard InChI is InChI=1S/C14H26N2OS/c1-11(2)12(15-13(17)18)4-9-16-8-3-5-14(10-16)6-7-14/h11-12H,3-10H2,1-2H3,(H2,15,17,18)/t12-/m1/s1. The summed E-state index contributed by atoms with van der Waals surface area (Å²) in [6.07, 6.45) is 6.70. The maximum atomic E-state index is 11.1. The second-order valence-electron chi connectivity index (χ2n) is 6.47. The van der Waals surface area contributed by atoms with Crippen LogP contribution in [0.4, 0.5) is 4.79 Å². The molecule has 3 nitrogen and oxygen atoms in total. The maximum absolute atomic E-state index is 11.1. The highest BCUT2D eigenvalue weighted by Gasteiger charge is 2.45. The van der Waals surface area contributed by atoms with Gasteiger partial charge in [-0.3, -0.25) is 4.79 Å². The summed E-state index contributed by atoms with van der Waals surface area (Å²) in [7, 11) is 0. The van der Waals surface area contributed by atoms with E-state index in [4.69, 9.17) is 0 Å². The van der Waals surface area contributed by atoms with Crippen LogP contribution in [0.25, 0.3) is 0 Å². The van der Waals surface area contributed by atoms with Gasteiger partial charge in [0, 0.05) is 19.1 Å². The fraction of sp³-hybridized carbons (Fsp3) is 0.929. The molecule has 2 fully saturated rings. The van der Waals surface area contributed by atoms with Crippen LogP contribution in [0.1, 0.15) is 46.0 Å². The van der Waals surface area contributed by atoms with E-state index in [-0.39, 0.29) is 11.3 Å². The van der Waals surface area contributed by atoms with Crippen LogP contribution in [0.15, 0.2) is 0 Å². The average molecular weight is 270 g/mol. The minimum Gasteiger partial charge on any atom is -0.344 e. The Morgan fingerprint density at radius 3 is 2.67 bits per heavy atom. The van der Waals surface area contributed by atoms with Crippen molar-refractivity contribution in [2.75, 3.05) is 19.6 Å². The van der Waals surface area contributed by atoms with Gasteiger partial charge in [-0.2, -0.15) is 0 Å². The lowest BCUT2D eigenvalue weighted by molar-refractivity contribution is 0.151. The zero-order chi connectivity index (χ0) is 13.2. The number of hydrogen-bond acceptors (Lipinski definition) is 2. The van der Waals surface area contributed by atoms with Crippen molar-refractivity contribution in [1.82, 2.24) is 10.2 Å². The molecule has 0 unspecified atom stereocenters. The number of carbonyl (C=O) groups is 1. The molecule has 1 N–H and O–H groups in total. The molecule has 1 aliphatic carbocycles. The Balaban J connectivity index is 1.76. The van der Waals surface area contributed by atoms with E-state index in [0.29, 0.717) is 11.3 Å². The number of piperidine rings is 1. The summed E-state index contributed by atoms with van der Waals surface area (Å²) in [5.41, 5.74) is 0.693. The van der Waals surface area contributed by atoms with E-state index < -0.39 is 0 Å². The molecule has 1 amide bonds. The number of rotatable bonds is 5. The Hall–Kier alpha value is -0.220. The third-order valence-electron chi connectivity index (χ3n) is 4.57. The molecule has 0 aromatic carbocycles. The number of nitrogens with zero attached hydrogens (tertiary/aromatic N) is 1. The van der Waals surface area contributed by atoms with Crippen LogP contribution < -0.4 is 5.32 Å². The van der Waals surface area contributed by atoms with Crippen LogP contribution in [0.3, 0.4) is 0 Å². The monoisotopic (exact) mass is 270 g/mol. The van der Waals surface area contributed by atoms with Crippen molar-refractivity contribution < 1.29 is 4.79 Å². The van der Waals surface area contributed by atoms with Crippen molar-refractivity contribution in [3.8, 4) is 0 Å². The van der Waals surface area contributed by atoms with Crippen molar-refractivity contribution in [1.29, 1.82) is 0 Å². The van der Waals surface area contributed by atoms with Gasteiger partial charge in [-0.1, -0.05) is 26.5 Å². The van der Waals surface area contributed by atoms with Crippen LogP contribution in [0, 0.1) is 11.3 Å². The predicted molar refractivity (Wildman–Crippen MR) is 78.1 cm³/mol. The van der Waals surface area contributed by atoms with Gasteiger partial charge in [-0.05, 0) is 50.0 Å². The molecule has 1 heterocycles. The van der Waals surface area contributed by atoms with E-state index in [1.807, 2.05) is 0 Å². The number of likely N-dealkylation sites (tertiary alicyclic amines) is 1. The molecule has 0 aromatic rings. The molecule has 1 atom stereocenters. The minimum absolute atomic E-state index is 0.203. The Bertz CT molecular complexity index is 302. The molecular weight excluding hydrogens is 244 g/mol. The van der Waals surface area contributed by atoms with E-state index in [2.05, 4.69) is 36.7 Å². The number of thiol groups is 1. The van der Waals surface area contributed by atoms with E-state index in [9.17, 15) is 4.79 Å². The first kappa shape index (κ1) is 14.2. The molecule has 1 saturated heterocycles. The lowest BCUT2D eigenvalue weighted by Crippen LogP contribution is -2.42. The number of nitrogens with one attached hydrogen (secondary N) is 1. The van der Waals surface area contributed by atoms with E-state index in [0.717, 1.165) is 13.0 Å². The van der Waals surface area contributed by atoms with Gasteiger partial charge in [0.05, 0.1) is 0 Å². The average Bonchev–Trinajstić information content (AvgIpc) is 3.03. The summed E-state index contributed by atoms with van der Waals surface area (Å²) < 4.78 is 0. The first-order chi connectivity index (χ1) is 8.51. The summed E-state index contributed by atoms with van der Waals surface area (Å²) in [5, 5.41) is 2.75. The highest BCUT2D eigenvalue weighted by atomic mass is 32.1. The van der Waals surface area contributed by atoms with Gasteiger partial charge in [0.25, 0.3) is 5.24 Å². The summed E-state index contributed by atoms with van der Waals surface area (Å²) in [6.45, 7) is 7.95. The van der Waals surface area contributed by atoms with Crippen molar-refractivity contribution in [3.05, 3.63) is 0 Å². The van der Waals surface area contributed by atoms with Crippen LogP contribution in [-0.4, -0.2) is 35.8 Å². The fourth-order valence-electron chi connectivity index (χ4n) is 3.14. The second-order valence-corrected chi connectivity index (χ2v) is 6.87. The van der Waals surface area contributed by atoms with Gasteiger partial charge < -0.3 is 10.2 Å².